The van der Waals surface area contributed by atoms with Crippen molar-refractivity contribution < 1.29 is 13.9 Å². The highest BCUT2D eigenvalue weighted by atomic mass is 19.1. The average molecular weight is 195 g/mol. The monoisotopic (exact) mass is 195 g/mol. The molecular weight excluding hydrogens is 188 g/mol. The van der Waals surface area contributed by atoms with Gasteiger partial charge in [-0.15, -0.1) is 0 Å². The van der Waals surface area contributed by atoms with Crippen molar-refractivity contribution >= 4 is 0 Å². The first-order valence-electron chi connectivity index (χ1n) is 3.85. The average Bonchev–Trinajstić information content (AvgIpc) is 2.14. The number of allylic oxidation sites excluding steroid dienone is 1. The number of aliphatic hydroxyl groups excluding tert-OH is 1. The summed E-state index contributed by atoms with van der Waals surface area (Å²) in [5.74, 6) is -1.67. The Morgan fingerprint density at radius 1 is 1.36 bits per heavy atom. The summed E-state index contributed by atoms with van der Waals surface area (Å²) in [7, 11) is 0. The molecule has 0 amide bonds. The first-order chi connectivity index (χ1) is 6.66. The van der Waals surface area contributed by atoms with Crippen LogP contribution in [0.5, 0.6) is 0 Å². The van der Waals surface area contributed by atoms with Crippen molar-refractivity contribution in [3.8, 4) is 6.07 Å². The fraction of sp³-hybridized carbons (Fsp3) is 0.100. The van der Waals surface area contributed by atoms with Crippen molar-refractivity contribution in [2.45, 2.75) is 6.10 Å². The van der Waals surface area contributed by atoms with Gasteiger partial charge in [0.2, 0.25) is 0 Å². The summed E-state index contributed by atoms with van der Waals surface area (Å²) in [6.45, 7) is 0. The van der Waals surface area contributed by atoms with Crippen LogP contribution in [0.15, 0.2) is 30.4 Å². The largest absolute Gasteiger partial charge is 0.384 e. The van der Waals surface area contributed by atoms with Gasteiger partial charge in [-0.1, -0.05) is 6.07 Å². The Morgan fingerprint density at radius 3 is 2.43 bits per heavy atom. The number of hydrogen-bond donors (Lipinski definition) is 1. The van der Waals surface area contributed by atoms with Crippen molar-refractivity contribution in [2.24, 2.45) is 0 Å². The maximum Gasteiger partial charge on any atom is 0.132 e. The standard InChI is InChI=1S/C10H7F2NO/c11-7-3-1-4-8(12)10(7)9(14)5-2-6-13/h1-5,9,14H/b5-2+. The van der Waals surface area contributed by atoms with Crippen LogP contribution in [0, 0.1) is 23.0 Å². The smallest absolute Gasteiger partial charge is 0.132 e. The minimum Gasteiger partial charge on any atom is -0.384 e. The van der Waals surface area contributed by atoms with Gasteiger partial charge in [0.15, 0.2) is 0 Å². The first kappa shape index (κ1) is 10.4. The van der Waals surface area contributed by atoms with Crippen LogP contribution in [-0.4, -0.2) is 5.11 Å². The van der Waals surface area contributed by atoms with Gasteiger partial charge in [0.1, 0.15) is 17.7 Å². The molecule has 14 heavy (non-hydrogen) atoms. The van der Waals surface area contributed by atoms with Gasteiger partial charge in [-0.25, -0.2) is 8.78 Å². The van der Waals surface area contributed by atoms with Crippen molar-refractivity contribution in [3.05, 3.63) is 47.5 Å². The van der Waals surface area contributed by atoms with Gasteiger partial charge < -0.3 is 5.11 Å². The molecule has 0 bridgehead atoms. The molecule has 2 nitrogen and oxygen atoms in total. The van der Waals surface area contributed by atoms with Gasteiger partial charge in [-0.2, -0.15) is 5.26 Å². The molecule has 0 radical (unpaired) electrons. The van der Waals surface area contributed by atoms with Gasteiger partial charge in [-0.3, -0.25) is 0 Å². The van der Waals surface area contributed by atoms with Gasteiger partial charge in [0, 0.05) is 6.08 Å². The second-order valence-electron chi connectivity index (χ2n) is 2.57. The molecule has 0 saturated heterocycles. The Bertz CT molecular complexity index is 375. The van der Waals surface area contributed by atoms with Gasteiger partial charge >= 0.3 is 0 Å². The summed E-state index contributed by atoms with van der Waals surface area (Å²) in [4.78, 5) is 0. The molecule has 0 aliphatic carbocycles. The molecule has 1 aromatic rings. The van der Waals surface area contributed by atoms with E-state index in [4.69, 9.17) is 5.26 Å². The first-order valence-corrected chi connectivity index (χ1v) is 3.85. The third kappa shape index (κ3) is 2.15. The summed E-state index contributed by atoms with van der Waals surface area (Å²) in [6, 6.07) is 4.91. The minimum absolute atomic E-state index is 0.445. The maximum atomic E-state index is 13.0. The van der Waals surface area contributed by atoms with Crippen LogP contribution in [0.1, 0.15) is 11.7 Å². The van der Waals surface area contributed by atoms with Crippen LogP contribution in [0.3, 0.4) is 0 Å². The van der Waals surface area contributed by atoms with E-state index >= 15 is 0 Å². The summed E-state index contributed by atoms with van der Waals surface area (Å²) in [6.07, 6.45) is 0.550. The molecule has 0 aromatic heterocycles. The van der Waals surface area contributed by atoms with E-state index in [1.165, 1.54) is 6.07 Å². The molecule has 1 atom stereocenters. The molecule has 0 aliphatic heterocycles. The molecule has 1 aromatic carbocycles. The van der Waals surface area contributed by atoms with E-state index in [1.54, 1.807) is 6.07 Å². The normalized spacial score (nSPS) is 12.7. The molecule has 1 N–H and O–H groups in total. The van der Waals surface area contributed by atoms with Crippen molar-refractivity contribution in [1.82, 2.24) is 0 Å². The highest BCUT2D eigenvalue weighted by molar-refractivity contribution is 5.26. The van der Waals surface area contributed by atoms with Crippen molar-refractivity contribution in [3.63, 3.8) is 0 Å². The van der Waals surface area contributed by atoms with E-state index < -0.39 is 23.3 Å². The summed E-state index contributed by atoms with van der Waals surface area (Å²) < 4.78 is 26.0. The van der Waals surface area contributed by atoms with E-state index in [2.05, 4.69) is 0 Å². The molecule has 0 aliphatic rings. The second kappa shape index (κ2) is 4.49. The molecule has 4 heteroatoms. The zero-order valence-corrected chi connectivity index (χ0v) is 7.11. The van der Waals surface area contributed by atoms with Crippen molar-refractivity contribution in [1.29, 1.82) is 5.26 Å². The maximum absolute atomic E-state index is 13.0. The van der Waals surface area contributed by atoms with Gasteiger partial charge in [0.05, 0.1) is 11.6 Å². The fourth-order valence-corrected chi connectivity index (χ4v) is 1.02. The SMILES string of the molecule is N#C/C=C/C(O)c1c(F)cccc1F. The molecule has 0 fully saturated rings. The third-order valence-corrected chi connectivity index (χ3v) is 1.65. The van der Waals surface area contributed by atoms with Crippen LogP contribution in [-0.2, 0) is 0 Å². The van der Waals surface area contributed by atoms with Crippen LogP contribution in [0.25, 0.3) is 0 Å². The number of hydrogen-bond acceptors (Lipinski definition) is 2. The zero-order valence-electron chi connectivity index (χ0n) is 7.11. The van der Waals surface area contributed by atoms with Crippen molar-refractivity contribution in [2.75, 3.05) is 0 Å². The van der Waals surface area contributed by atoms with Gasteiger partial charge in [0.25, 0.3) is 0 Å². The predicted octanol–water partition coefficient (Wildman–Crippen LogP) is 2.08. The lowest BCUT2D eigenvalue weighted by molar-refractivity contribution is 0.217. The summed E-state index contributed by atoms with van der Waals surface area (Å²) in [5.41, 5.74) is -0.445. The molecule has 0 heterocycles. The highest BCUT2D eigenvalue weighted by Gasteiger charge is 2.14. The lowest BCUT2D eigenvalue weighted by Gasteiger charge is -2.07. The Balaban J connectivity index is 3.07. The lowest BCUT2D eigenvalue weighted by atomic mass is 10.1. The molecule has 72 valence electrons. The number of rotatable bonds is 2. The highest BCUT2D eigenvalue weighted by Crippen LogP contribution is 2.21. The number of nitrogens with zero attached hydrogens (tertiary/aromatic N) is 1. The van der Waals surface area contributed by atoms with Crippen LogP contribution >= 0.6 is 0 Å². The topological polar surface area (TPSA) is 44.0 Å². The summed E-state index contributed by atoms with van der Waals surface area (Å²) in [5, 5.41) is 17.5. The Hall–Kier alpha value is -1.73. The molecule has 0 saturated carbocycles. The van der Waals surface area contributed by atoms with Crippen LogP contribution < -0.4 is 0 Å². The van der Waals surface area contributed by atoms with E-state index in [9.17, 15) is 13.9 Å². The fourth-order valence-electron chi connectivity index (χ4n) is 1.02. The lowest BCUT2D eigenvalue weighted by Crippen LogP contribution is -2.00. The number of aliphatic hydroxyl groups is 1. The van der Waals surface area contributed by atoms with E-state index in [1.807, 2.05) is 0 Å². The number of benzene rings is 1. The quantitative estimate of drug-likeness (QED) is 0.734. The predicted molar refractivity (Wildman–Crippen MR) is 46.1 cm³/mol. The number of halogens is 2. The Morgan fingerprint density at radius 2 is 1.93 bits per heavy atom. The molecule has 1 unspecified atom stereocenters. The molecule has 0 spiro atoms. The second-order valence-corrected chi connectivity index (χ2v) is 2.57. The molecule has 1 rings (SSSR count). The third-order valence-electron chi connectivity index (χ3n) is 1.65. The van der Waals surface area contributed by atoms with E-state index in [0.717, 1.165) is 24.3 Å². The van der Waals surface area contributed by atoms with Crippen LogP contribution in [0.4, 0.5) is 8.78 Å². The van der Waals surface area contributed by atoms with E-state index in [-0.39, 0.29) is 0 Å². The Labute approximate surface area is 79.7 Å². The zero-order chi connectivity index (χ0) is 10.6. The van der Waals surface area contributed by atoms with Crippen LogP contribution in [0.2, 0.25) is 0 Å². The minimum atomic E-state index is -1.43. The number of nitriles is 1. The Kier molecular flexibility index (Phi) is 3.32. The van der Waals surface area contributed by atoms with Gasteiger partial charge in [-0.05, 0) is 18.2 Å². The van der Waals surface area contributed by atoms with E-state index in [0.29, 0.717) is 0 Å². The summed E-state index contributed by atoms with van der Waals surface area (Å²) >= 11 is 0. The molecular formula is C10H7F2NO.